The lowest BCUT2D eigenvalue weighted by atomic mass is 9.50. The van der Waals surface area contributed by atoms with Crippen LogP contribution in [0.4, 0.5) is 20.8 Å². The Morgan fingerprint density at radius 2 is 2.19 bits per heavy atom. The van der Waals surface area contributed by atoms with Crippen LogP contribution in [0.15, 0.2) is 29.1 Å². The highest BCUT2D eigenvalue weighted by atomic mass is 79.9. The fourth-order valence-corrected chi connectivity index (χ4v) is 5.53. The fraction of sp³-hybridized carbons (Fsp3) is 0.500. The number of alkyl halides is 1. The highest BCUT2D eigenvalue weighted by Crippen LogP contribution is 2.57. The average Bonchev–Trinajstić information content (AvgIpc) is 3.38. The third-order valence-electron chi connectivity index (χ3n) is 6.76. The number of ether oxygens (including phenoxy) is 1. The summed E-state index contributed by atoms with van der Waals surface area (Å²) >= 11 is 3.47. The van der Waals surface area contributed by atoms with Gasteiger partial charge in [0.05, 0.1) is 10.7 Å². The molecule has 1 amide bonds. The SMILES string of the molecule is O=C(NC12CC(C1)C2)O[C@H]1C[C@@H](c2cc(Nc3nccn4ncc(Br)c34)n[nH]2)C[C@H]1F. The molecule has 2 bridgehead atoms. The number of H-pyrrole nitrogens is 1. The van der Waals surface area contributed by atoms with Crippen molar-refractivity contribution >= 4 is 39.2 Å². The summed E-state index contributed by atoms with van der Waals surface area (Å²) in [6.07, 6.45) is 6.45. The highest BCUT2D eigenvalue weighted by Gasteiger charge is 2.58. The van der Waals surface area contributed by atoms with Gasteiger partial charge in [0.15, 0.2) is 11.6 Å². The molecule has 31 heavy (non-hydrogen) atoms. The molecule has 0 unspecified atom stereocenters. The number of hydrogen-bond donors (Lipinski definition) is 3. The van der Waals surface area contributed by atoms with Crippen molar-refractivity contribution < 1.29 is 13.9 Å². The molecule has 4 fully saturated rings. The monoisotopic (exact) mass is 489 g/mol. The Morgan fingerprint density at radius 3 is 2.97 bits per heavy atom. The van der Waals surface area contributed by atoms with Crippen molar-refractivity contribution in [2.75, 3.05) is 5.32 Å². The molecule has 11 heteroatoms. The Balaban J connectivity index is 1.11. The number of halogens is 2. The standard InChI is InChI=1S/C20H21BrFN7O2/c21-12-9-24-29-2-1-23-18(17(12)29)25-16-5-14(27-28-16)11-3-13(22)15(4-11)31-19(30)26-20-6-10(7-20)8-20/h1-2,5,9-11,13,15H,3-4,6-8H2,(H,26,30)(H2,23,25,27,28)/t10?,11-,13+,15-,20?/m0/s1. The first kappa shape index (κ1) is 19.0. The number of amides is 1. The maximum Gasteiger partial charge on any atom is 0.407 e. The number of carbonyl (C=O) groups excluding carboxylic acids is 1. The van der Waals surface area contributed by atoms with E-state index in [-0.39, 0.29) is 17.9 Å². The second kappa shape index (κ2) is 6.91. The smallest absolute Gasteiger partial charge is 0.407 e. The number of fused-ring (bicyclic) bond motifs is 1. The van der Waals surface area contributed by atoms with Gasteiger partial charge in [0.1, 0.15) is 17.8 Å². The molecule has 0 saturated heterocycles. The number of carbonyl (C=O) groups is 1. The molecule has 3 atom stereocenters. The first-order chi connectivity index (χ1) is 15.0. The second-order valence-corrected chi connectivity index (χ2v) is 9.76. The summed E-state index contributed by atoms with van der Waals surface area (Å²) in [5, 5.41) is 17.6. The lowest BCUT2D eigenvalue weighted by Crippen LogP contribution is -2.68. The summed E-state index contributed by atoms with van der Waals surface area (Å²) in [5.41, 5.74) is 1.52. The predicted molar refractivity (Wildman–Crippen MR) is 113 cm³/mol. The molecule has 3 heterocycles. The van der Waals surface area contributed by atoms with E-state index < -0.39 is 18.4 Å². The van der Waals surface area contributed by atoms with Crippen molar-refractivity contribution in [1.82, 2.24) is 30.1 Å². The highest BCUT2D eigenvalue weighted by molar-refractivity contribution is 9.10. The number of aromatic nitrogens is 5. The van der Waals surface area contributed by atoms with Crippen molar-refractivity contribution in [3.63, 3.8) is 0 Å². The molecule has 3 aromatic rings. The van der Waals surface area contributed by atoms with Crippen molar-refractivity contribution in [3.05, 3.63) is 34.8 Å². The van der Waals surface area contributed by atoms with Gasteiger partial charge in [-0.15, -0.1) is 0 Å². The van der Waals surface area contributed by atoms with Crippen LogP contribution in [0.2, 0.25) is 0 Å². The molecule has 0 aliphatic heterocycles. The van der Waals surface area contributed by atoms with Gasteiger partial charge in [-0.1, -0.05) is 0 Å². The molecule has 0 radical (unpaired) electrons. The van der Waals surface area contributed by atoms with Crippen molar-refractivity contribution in [3.8, 4) is 0 Å². The van der Waals surface area contributed by atoms with E-state index in [1.165, 1.54) is 0 Å². The van der Waals surface area contributed by atoms with Crippen LogP contribution in [0.5, 0.6) is 0 Å². The number of nitrogens with zero attached hydrogens (tertiary/aromatic N) is 4. The Hall–Kier alpha value is -2.69. The number of alkyl carbamates (subject to hydrolysis) is 1. The minimum atomic E-state index is -1.19. The summed E-state index contributed by atoms with van der Waals surface area (Å²) in [6.45, 7) is 0. The van der Waals surface area contributed by atoms with Crippen LogP contribution >= 0.6 is 15.9 Å². The average molecular weight is 490 g/mol. The van der Waals surface area contributed by atoms with Gasteiger partial charge in [0.25, 0.3) is 0 Å². The van der Waals surface area contributed by atoms with Gasteiger partial charge in [-0.3, -0.25) is 5.10 Å². The zero-order valence-electron chi connectivity index (χ0n) is 16.5. The summed E-state index contributed by atoms with van der Waals surface area (Å²) in [7, 11) is 0. The quantitative estimate of drug-likeness (QED) is 0.502. The molecule has 0 spiro atoms. The zero-order chi connectivity index (χ0) is 21.2. The first-order valence-electron chi connectivity index (χ1n) is 10.4. The number of hydrogen-bond acceptors (Lipinski definition) is 6. The van der Waals surface area contributed by atoms with Crippen LogP contribution in [-0.2, 0) is 4.74 Å². The van der Waals surface area contributed by atoms with E-state index >= 15 is 0 Å². The van der Waals surface area contributed by atoms with Crippen LogP contribution < -0.4 is 10.6 Å². The largest absolute Gasteiger partial charge is 0.443 e. The normalized spacial score (nSPS) is 31.2. The van der Waals surface area contributed by atoms with Crippen molar-refractivity contribution in [1.29, 1.82) is 0 Å². The maximum atomic E-state index is 14.6. The first-order valence-corrected chi connectivity index (χ1v) is 11.2. The topological polar surface area (TPSA) is 109 Å². The predicted octanol–water partition coefficient (Wildman–Crippen LogP) is 3.82. The summed E-state index contributed by atoms with van der Waals surface area (Å²) in [6, 6.07) is 1.84. The molecule has 162 valence electrons. The van der Waals surface area contributed by atoms with E-state index in [0.29, 0.717) is 18.1 Å². The maximum absolute atomic E-state index is 14.6. The molecule has 3 N–H and O–H groups in total. The molecule has 4 aliphatic carbocycles. The van der Waals surface area contributed by atoms with Gasteiger partial charge in [-0.05, 0) is 54.0 Å². The molecular formula is C20H21BrFN7O2. The number of aromatic amines is 1. The second-order valence-electron chi connectivity index (χ2n) is 8.91. The third-order valence-corrected chi connectivity index (χ3v) is 7.34. The Bertz CT molecular complexity index is 1150. The van der Waals surface area contributed by atoms with Gasteiger partial charge in [-0.2, -0.15) is 10.2 Å². The van der Waals surface area contributed by atoms with Crippen molar-refractivity contribution in [2.45, 2.75) is 55.8 Å². The van der Waals surface area contributed by atoms with Crippen LogP contribution in [0, 0.1) is 5.92 Å². The van der Waals surface area contributed by atoms with E-state index in [2.05, 4.69) is 46.8 Å². The van der Waals surface area contributed by atoms with E-state index in [4.69, 9.17) is 4.74 Å². The van der Waals surface area contributed by atoms with Crippen LogP contribution in [0.1, 0.15) is 43.7 Å². The summed E-state index contributed by atoms with van der Waals surface area (Å²) in [4.78, 5) is 16.6. The third kappa shape index (κ3) is 3.26. The molecule has 7 rings (SSSR count). The van der Waals surface area contributed by atoms with Crippen LogP contribution in [0.25, 0.3) is 5.52 Å². The molecule has 3 aromatic heterocycles. The van der Waals surface area contributed by atoms with Gasteiger partial charge >= 0.3 is 6.09 Å². The lowest BCUT2D eigenvalue weighted by molar-refractivity contribution is -0.0530. The minimum Gasteiger partial charge on any atom is -0.443 e. The lowest BCUT2D eigenvalue weighted by Gasteiger charge is -2.61. The number of rotatable bonds is 5. The Kier molecular flexibility index (Phi) is 4.24. The van der Waals surface area contributed by atoms with E-state index in [0.717, 1.165) is 40.9 Å². The number of anilines is 2. The van der Waals surface area contributed by atoms with Gasteiger partial charge < -0.3 is 15.4 Å². The van der Waals surface area contributed by atoms with Crippen LogP contribution in [0.3, 0.4) is 0 Å². The fourth-order valence-electron chi connectivity index (χ4n) is 5.07. The van der Waals surface area contributed by atoms with Gasteiger partial charge in [0, 0.05) is 35.6 Å². The molecular weight excluding hydrogens is 469 g/mol. The van der Waals surface area contributed by atoms with E-state index in [1.54, 1.807) is 23.1 Å². The van der Waals surface area contributed by atoms with Gasteiger partial charge in [0.2, 0.25) is 0 Å². The Morgan fingerprint density at radius 1 is 1.35 bits per heavy atom. The minimum absolute atomic E-state index is 0.0725. The van der Waals surface area contributed by atoms with Crippen LogP contribution in [-0.4, -0.2) is 48.7 Å². The zero-order valence-corrected chi connectivity index (χ0v) is 18.1. The molecule has 9 nitrogen and oxygen atoms in total. The molecule has 4 saturated carbocycles. The molecule has 0 aromatic carbocycles. The summed E-state index contributed by atoms with van der Waals surface area (Å²) in [5.74, 6) is 1.83. The summed E-state index contributed by atoms with van der Waals surface area (Å²) < 4.78 is 22.5. The van der Waals surface area contributed by atoms with E-state index in [9.17, 15) is 9.18 Å². The molecule has 4 aliphatic rings. The van der Waals surface area contributed by atoms with Crippen molar-refractivity contribution in [2.24, 2.45) is 5.92 Å². The van der Waals surface area contributed by atoms with Gasteiger partial charge in [-0.25, -0.2) is 18.7 Å². The Labute approximate surface area is 185 Å². The van der Waals surface area contributed by atoms with E-state index in [1.807, 2.05) is 6.07 Å². The number of nitrogens with one attached hydrogen (secondary N) is 3.